The highest BCUT2D eigenvalue weighted by molar-refractivity contribution is 6.39. The minimum Gasteiger partial charge on any atom is -0.478 e. The Labute approximate surface area is 209 Å². The molecule has 0 radical (unpaired) electrons. The van der Waals surface area contributed by atoms with Crippen molar-refractivity contribution in [1.82, 2.24) is 9.88 Å². The summed E-state index contributed by atoms with van der Waals surface area (Å²) in [5.74, 6) is -1.93. The van der Waals surface area contributed by atoms with E-state index in [4.69, 9.17) is 21.1 Å². The van der Waals surface area contributed by atoms with Crippen molar-refractivity contribution in [2.24, 2.45) is 0 Å². The number of aryl methyl sites for hydroxylation is 1. The number of anilines is 1. The molecule has 0 spiro atoms. The third kappa shape index (κ3) is 3.77. The molecule has 0 unspecified atom stereocenters. The van der Waals surface area contributed by atoms with Crippen LogP contribution in [0.5, 0.6) is 11.5 Å². The number of aromatic nitrogens is 1. The van der Waals surface area contributed by atoms with Crippen LogP contribution < -0.4 is 19.7 Å². The maximum absolute atomic E-state index is 13.3. The first kappa shape index (κ1) is 23.2. The lowest BCUT2D eigenvalue weighted by atomic mass is 10.1. The van der Waals surface area contributed by atoms with Gasteiger partial charge in [-0.15, -0.1) is 0 Å². The lowest BCUT2D eigenvalue weighted by molar-refractivity contribution is -0.122. The highest BCUT2D eigenvalue weighted by Crippen LogP contribution is 2.36. The van der Waals surface area contributed by atoms with E-state index in [-0.39, 0.29) is 28.6 Å². The summed E-state index contributed by atoms with van der Waals surface area (Å²) in [7, 11) is 0. The maximum atomic E-state index is 13.3. The smallest absolute Gasteiger partial charge is 0.337 e. The first-order valence-electron chi connectivity index (χ1n) is 10.7. The molecule has 2 aliphatic heterocycles. The molecule has 1 aromatic heterocycles. The van der Waals surface area contributed by atoms with E-state index < -0.39 is 23.8 Å². The molecule has 1 fully saturated rings. The molecule has 182 valence electrons. The monoisotopic (exact) mass is 507 g/mol. The number of hydrogen-bond donors (Lipinski definition) is 2. The summed E-state index contributed by atoms with van der Waals surface area (Å²) in [6.45, 7) is 3.59. The van der Waals surface area contributed by atoms with Crippen LogP contribution in [0.3, 0.4) is 0 Å². The summed E-state index contributed by atoms with van der Waals surface area (Å²) in [5, 5.41) is 11.7. The van der Waals surface area contributed by atoms with Gasteiger partial charge in [0, 0.05) is 23.1 Å². The number of urea groups is 1. The van der Waals surface area contributed by atoms with Crippen molar-refractivity contribution in [1.29, 1.82) is 0 Å². The average molecular weight is 508 g/mol. The fraction of sp³-hybridized carbons (Fsp3) is 0.120. The molecule has 2 aliphatic rings. The molecule has 11 heteroatoms. The number of carboxylic acid groups (broad SMARTS) is 1. The number of nitrogens with one attached hydrogen (secondary N) is 1. The first-order chi connectivity index (χ1) is 17.2. The molecular weight excluding hydrogens is 490 g/mol. The number of nitrogens with zero attached hydrogens (tertiary/aromatic N) is 2. The number of carbonyl (C=O) groups excluding carboxylic acids is 3. The Morgan fingerprint density at radius 1 is 1.03 bits per heavy atom. The maximum Gasteiger partial charge on any atom is 0.337 e. The Bertz CT molecular complexity index is 1520. The number of carbonyl (C=O) groups is 4. The Kier molecular flexibility index (Phi) is 5.52. The van der Waals surface area contributed by atoms with Crippen molar-refractivity contribution >= 4 is 47.2 Å². The molecule has 5 rings (SSSR count). The fourth-order valence-electron chi connectivity index (χ4n) is 4.22. The van der Waals surface area contributed by atoms with Gasteiger partial charge in [-0.1, -0.05) is 11.6 Å². The third-order valence-corrected chi connectivity index (χ3v) is 6.25. The summed E-state index contributed by atoms with van der Waals surface area (Å²) in [6.07, 6.45) is 1.40. The normalized spacial score (nSPS) is 16.0. The molecule has 0 aliphatic carbocycles. The second-order valence-corrected chi connectivity index (χ2v) is 8.53. The Morgan fingerprint density at radius 3 is 2.50 bits per heavy atom. The van der Waals surface area contributed by atoms with E-state index in [0.29, 0.717) is 28.4 Å². The SMILES string of the molecule is Cc1cc(/C=C2\C(=O)NC(=O)N(c3ccc4c(c3)OCO4)C2=O)c(C)n1-c1ccc(Cl)c(C(=O)O)c1. The molecule has 3 heterocycles. The second kappa shape index (κ2) is 8.58. The summed E-state index contributed by atoms with van der Waals surface area (Å²) >= 11 is 6.00. The van der Waals surface area contributed by atoms with Crippen molar-refractivity contribution in [2.75, 3.05) is 11.7 Å². The van der Waals surface area contributed by atoms with Gasteiger partial charge in [0.1, 0.15) is 5.57 Å². The number of carboxylic acids is 1. The molecule has 2 aromatic carbocycles. The van der Waals surface area contributed by atoms with Gasteiger partial charge in [0.15, 0.2) is 11.5 Å². The third-order valence-electron chi connectivity index (χ3n) is 5.92. The van der Waals surface area contributed by atoms with Crippen LogP contribution in [0.4, 0.5) is 10.5 Å². The highest BCUT2D eigenvalue weighted by Gasteiger charge is 2.37. The van der Waals surface area contributed by atoms with E-state index in [1.54, 1.807) is 36.6 Å². The average Bonchev–Trinajstić information content (AvgIpc) is 3.40. The number of benzene rings is 2. The summed E-state index contributed by atoms with van der Waals surface area (Å²) in [5.41, 5.74) is 2.38. The van der Waals surface area contributed by atoms with Crippen LogP contribution in [0.25, 0.3) is 11.8 Å². The number of fused-ring (bicyclic) bond motifs is 1. The van der Waals surface area contributed by atoms with Gasteiger partial charge in [0.05, 0.1) is 16.3 Å². The van der Waals surface area contributed by atoms with E-state index in [1.165, 1.54) is 30.3 Å². The molecular formula is C25H18ClN3O7. The molecule has 0 bridgehead atoms. The van der Waals surface area contributed by atoms with E-state index in [9.17, 15) is 24.3 Å². The lowest BCUT2D eigenvalue weighted by Crippen LogP contribution is -2.54. The number of imide groups is 2. The van der Waals surface area contributed by atoms with Crippen molar-refractivity contribution in [3.05, 3.63) is 75.6 Å². The number of ether oxygens (including phenoxy) is 2. The topological polar surface area (TPSA) is 127 Å². The van der Waals surface area contributed by atoms with Crippen LogP contribution in [-0.2, 0) is 9.59 Å². The number of rotatable bonds is 4. The van der Waals surface area contributed by atoms with Crippen LogP contribution in [-0.4, -0.2) is 40.3 Å². The van der Waals surface area contributed by atoms with E-state index in [1.807, 2.05) is 0 Å². The van der Waals surface area contributed by atoms with Gasteiger partial charge < -0.3 is 19.1 Å². The van der Waals surface area contributed by atoms with E-state index in [0.717, 1.165) is 10.6 Å². The highest BCUT2D eigenvalue weighted by atomic mass is 35.5. The van der Waals surface area contributed by atoms with Gasteiger partial charge >= 0.3 is 12.0 Å². The quantitative estimate of drug-likeness (QED) is 0.405. The van der Waals surface area contributed by atoms with Crippen LogP contribution in [0.2, 0.25) is 5.02 Å². The summed E-state index contributed by atoms with van der Waals surface area (Å²) < 4.78 is 12.4. The van der Waals surface area contributed by atoms with Gasteiger partial charge in [-0.2, -0.15) is 0 Å². The Balaban J connectivity index is 1.54. The largest absolute Gasteiger partial charge is 0.478 e. The minimum atomic E-state index is -1.16. The standard InChI is InChI=1S/C25H18ClN3O7/c1-12-7-14(13(2)28(12)15-3-5-19(26)17(9-15)24(32)33)8-18-22(30)27-25(34)29(23(18)31)16-4-6-20-21(10-16)36-11-35-20/h3-10H,11H2,1-2H3,(H,32,33)(H,27,30,34)/b18-8+. The minimum absolute atomic E-state index is 0.0275. The number of aromatic carboxylic acids is 1. The van der Waals surface area contributed by atoms with Crippen LogP contribution in [0.1, 0.15) is 27.3 Å². The van der Waals surface area contributed by atoms with Gasteiger partial charge in [0.2, 0.25) is 6.79 Å². The van der Waals surface area contributed by atoms with Crippen molar-refractivity contribution < 1.29 is 33.8 Å². The number of barbiturate groups is 1. The van der Waals surface area contributed by atoms with Crippen molar-refractivity contribution in [2.45, 2.75) is 13.8 Å². The molecule has 0 atom stereocenters. The summed E-state index contributed by atoms with van der Waals surface area (Å²) in [6, 6.07) is 10.1. The van der Waals surface area contributed by atoms with E-state index >= 15 is 0 Å². The van der Waals surface area contributed by atoms with Crippen molar-refractivity contribution in [3.8, 4) is 17.2 Å². The second-order valence-electron chi connectivity index (χ2n) is 8.13. The zero-order valence-electron chi connectivity index (χ0n) is 19.0. The number of hydrogen-bond acceptors (Lipinski definition) is 6. The molecule has 36 heavy (non-hydrogen) atoms. The summed E-state index contributed by atoms with van der Waals surface area (Å²) in [4.78, 5) is 50.9. The van der Waals surface area contributed by atoms with Gasteiger partial charge in [-0.25, -0.2) is 14.5 Å². The molecule has 4 amide bonds. The Hall–Kier alpha value is -4.57. The first-order valence-corrected chi connectivity index (χ1v) is 11.1. The molecule has 3 aromatic rings. The van der Waals surface area contributed by atoms with Crippen LogP contribution >= 0.6 is 11.6 Å². The van der Waals surface area contributed by atoms with Crippen LogP contribution in [0, 0.1) is 13.8 Å². The van der Waals surface area contributed by atoms with Gasteiger partial charge in [-0.3, -0.25) is 14.9 Å². The Morgan fingerprint density at radius 2 is 1.75 bits per heavy atom. The number of amides is 4. The molecule has 10 nitrogen and oxygen atoms in total. The lowest BCUT2D eigenvalue weighted by Gasteiger charge is -2.26. The molecule has 0 saturated carbocycles. The fourth-order valence-corrected chi connectivity index (χ4v) is 4.42. The van der Waals surface area contributed by atoms with Crippen molar-refractivity contribution in [3.63, 3.8) is 0 Å². The zero-order chi connectivity index (χ0) is 25.7. The van der Waals surface area contributed by atoms with Gasteiger partial charge in [0.25, 0.3) is 11.8 Å². The molecule has 1 saturated heterocycles. The van der Waals surface area contributed by atoms with Gasteiger partial charge in [-0.05, 0) is 61.9 Å². The van der Waals surface area contributed by atoms with E-state index in [2.05, 4.69) is 5.32 Å². The van der Waals surface area contributed by atoms with Crippen LogP contribution in [0.15, 0.2) is 48.0 Å². The predicted molar refractivity (Wildman–Crippen MR) is 129 cm³/mol. The predicted octanol–water partition coefficient (Wildman–Crippen LogP) is 3.84. The molecule has 2 N–H and O–H groups in total. The number of halogens is 1. The zero-order valence-corrected chi connectivity index (χ0v) is 19.8.